The van der Waals surface area contributed by atoms with Crippen LogP contribution in [0.2, 0.25) is 0 Å². The molecule has 9 nitrogen and oxygen atoms in total. The highest BCUT2D eigenvalue weighted by atomic mass is 19.1. The first-order valence-corrected chi connectivity index (χ1v) is 11.8. The number of aromatic nitrogens is 5. The lowest BCUT2D eigenvalue weighted by atomic mass is 9.83. The Kier molecular flexibility index (Phi) is 5.14. The molecule has 3 atom stereocenters. The second-order valence-corrected chi connectivity index (χ2v) is 9.48. The lowest BCUT2D eigenvalue weighted by molar-refractivity contribution is 0.215. The van der Waals surface area contributed by atoms with Gasteiger partial charge in [0.1, 0.15) is 11.8 Å². The van der Waals surface area contributed by atoms with Gasteiger partial charge >= 0.3 is 0 Å². The monoisotopic (exact) mass is 460 g/mol. The molecule has 0 radical (unpaired) electrons. The van der Waals surface area contributed by atoms with Gasteiger partial charge in [0.05, 0.1) is 23.6 Å². The second kappa shape index (κ2) is 8.33. The summed E-state index contributed by atoms with van der Waals surface area (Å²) in [6.07, 6.45) is 11.2. The number of piperidine rings is 2. The minimum atomic E-state index is -0.716. The summed E-state index contributed by atoms with van der Waals surface area (Å²) in [7, 11) is 0. The highest BCUT2D eigenvalue weighted by Gasteiger charge is 2.40. The highest BCUT2D eigenvalue weighted by molar-refractivity contribution is 5.66. The Morgan fingerprint density at radius 2 is 1.91 bits per heavy atom. The molecule has 2 N–H and O–H groups in total. The smallest absolute Gasteiger partial charge is 0.198 e. The molecule has 34 heavy (non-hydrogen) atoms. The van der Waals surface area contributed by atoms with Gasteiger partial charge in [-0.05, 0) is 50.7 Å². The van der Waals surface area contributed by atoms with Crippen molar-refractivity contribution in [2.45, 2.75) is 69.1 Å². The predicted molar refractivity (Wildman–Crippen MR) is 122 cm³/mol. The minimum absolute atomic E-state index is 0.0771. The fraction of sp³-hybridized carbons (Fsp3) is 0.458. The molecule has 3 aliphatic rings. The summed E-state index contributed by atoms with van der Waals surface area (Å²) in [5.74, 6) is 0.317. The maximum atomic E-state index is 13.7. The van der Waals surface area contributed by atoms with E-state index in [1.54, 1.807) is 24.4 Å². The number of benzene rings is 1. The van der Waals surface area contributed by atoms with Crippen molar-refractivity contribution in [1.82, 2.24) is 30.3 Å². The van der Waals surface area contributed by atoms with Crippen LogP contribution in [0.3, 0.4) is 0 Å². The largest absolute Gasteiger partial charge is 0.507 e. The van der Waals surface area contributed by atoms with Crippen LogP contribution in [0.15, 0.2) is 30.6 Å². The van der Waals surface area contributed by atoms with Gasteiger partial charge < -0.3 is 15.3 Å². The van der Waals surface area contributed by atoms with E-state index in [2.05, 4.69) is 30.5 Å². The van der Waals surface area contributed by atoms with E-state index in [0.717, 1.165) is 24.9 Å². The first-order chi connectivity index (χ1) is 16.6. The molecule has 3 fully saturated rings. The number of hydrogen-bond donors (Lipinski definition) is 2. The van der Waals surface area contributed by atoms with Gasteiger partial charge in [-0.15, -0.1) is 10.2 Å². The van der Waals surface area contributed by atoms with Crippen LogP contribution in [-0.2, 0) is 0 Å². The number of halogens is 1. The van der Waals surface area contributed by atoms with E-state index in [-0.39, 0.29) is 11.4 Å². The zero-order chi connectivity index (χ0) is 23.2. The molecule has 0 spiro atoms. The molecule has 174 valence electrons. The summed E-state index contributed by atoms with van der Waals surface area (Å²) in [5, 5.41) is 36.0. The second-order valence-electron chi connectivity index (χ2n) is 9.48. The summed E-state index contributed by atoms with van der Waals surface area (Å²) >= 11 is 0. The lowest BCUT2D eigenvalue weighted by Gasteiger charge is -2.45. The molecule has 2 aromatic heterocycles. The van der Waals surface area contributed by atoms with Crippen molar-refractivity contribution in [2.75, 3.05) is 4.90 Å². The van der Waals surface area contributed by atoms with Crippen molar-refractivity contribution in [3.63, 3.8) is 0 Å². The van der Waals surface area contributed by atoms with Crippen LogP contribution in [0.5, 0.6) is 5.75 Å². The number of nitrogens with zero attached hydrogens (tertiary/aromatic N) is 7. The lowest BCUT2D eigenvalue weighted by Crippen LogP contribution is -2.55. The molecule has 3 aromatic rings. The Bertz CT molecular complexity index is 1240. The SMILES string of the molecule is N#Cc1nn(-c2ccc(-c3ncc(N(C4CC4)C4C[C@H]5CCC[C@@H](C4)N5)nn3)c(O)c2)cc1F. The van der Waals surface area contributed by atoms with Gasteiger partial charge in [-0.3, -0.25) is 0 Å². The fourth-order valence-corrected chi connectivity index (χ4v) is 5.41. The number of fused-ring (bicyclic) bond motifs is 2. The Labute approximate surface area is 196 Å². The first-order valence-electron chi connectivity index (χ1n) is 11.8. The van der Waals surface area contributed by atoms with E-state index in [1.165, 1.54) is 42.9 Å². The molecule has 10 heteroatoms. The predicted octanol–water partition coefficient (Wildman–Crippen LogP) is 3.08. The number of phenolic OH excluding ortho intramolecular Hbond substituents is 1. The number of nitrogens with one attached hydrogen (secondary N) is 1. The average Bonchev–Trinajstić information content (AvgIpc) is 3.60. The molecule has 1 saturated carbocycles. The summed E-state index contributed by atoms with van der Waals surface area (Å²) in [6, 6.07) is 8.55. The van der Waals surface area contributed by atoms with E-state index in [4.69, 9.17) is 5.26 Å². The van der Waals surface area contributed by atoms with Crippen molar-refractivity contribution in [1.29, 1.82) is 5.26 Å². The van der Waals surface area contributed by atoms with E-state index in [9.17, 15) is 9.50 Å². The van der Waals surface area contributed by atoms with Gasteiger partial charge in [0, 0.05) is 30.2 Å². The van der Waals surface area contributed by atoms with Crippen LogP contribution in [0.1, 0.15) is 50.6 Å². The van der Waals surface area contributed by atoms with Crippen LogP contribution in [-0.4, -0.2) is 54.2 Å². The Balaban J connectivity index is 1.24. The number of phenols is 1. The van der Waals surface area contributed by atoms with Crippen LogP contribution in [0.4, 0.5) is 10.2 Å². The third kappa shape index (κ3) is 3.86. The van der Waals surface area contributed by atoms with Crippen LogP contribution < -0.4 is 10.2 Å². The first kappa shape index (κ1) is 21.0. The van der Waals surface area contributed by atoms with Crippen molar-refractivity contribution >= 4 is 5.82 Å². The molecule has 1 aliphatic carbocycles. The Hall–Kier alpha value is -3.58. The van der Waals surface area contributed by atoms with Crippen LogP contribution >= 0.6 is 0 Å². The third-order valence-electron chi connectivity index (χ3n) is 7.10. The van der Waals surface area contributed by atoms with E-state index < -0.39 is 5.82 Å². The zero-order valence-corrected chi connectivity index (χ0v) is 18.6. The molecule has 4 heterocycles. The normalized spacial score (nSPS) is 23.9. The fourth-order valence-electron chi connectivity index (χ4n) is 5.41. The summed E-state index contributed by atoms with van der Waals surface area (Å²) < 4.78 is 14.9. The van der Waals surface area contributed by atoms with Crippen molar-refractivity contribution in [3.05, 3.63) is 42.1 Å². The molecular weight excluding hydrogens is 435 g/mol. The molecule has 6 rings (SSSR count). The van der Waals surface area contributed by atoms with Gasteiger partial charge in [-0.25, -0.2) is 14.1 Å². The van der Waals surface area contributed by atoms with E-state index >= 15 is 0 Å². The van der Waals surface area contributed by atoms with Gasteiger partial charge in [0.2, 0.25) is 0 Å². The van der Waals surface area contributed by atoms with Crippen LogP contribution in [0.25, 0.3) is 17.1 Å². The maximum absolute atomic E-state index is 13.7. The molecule has 1 unspecified atom stereocenters. The number of anilines is 1. The van der Waals surface area contributed by atoms with E-state index in [1.807, 2.05) is 0 Å². The standard InChI is InChI=1S/C24H25FN8O/c25-20-13-32(31-21(20)11-26)17-6-7-19(22(34)10-17)24-27-12-23(29-30-24)33(16-4-5-16)18-8-14-2-1-3-15(9-18)28-14/h6-7,10,12-16,18,28,34H,1-5,8-9H2/t14-,15+,18?. The average molecular weight is 461 g/mol. The number of rotatable bonds is 5. The van der Waals surface area contributed by atoms with Gasteiger partial charge in [-0.1, -0.05) is 6.42 Å². The van der Waals surface area contributed by atoms with E-state index in [0.29, 0.717) is 41.2 Å². The third-order valence-corrected chi connectivity index (χ3v) is 7.10. The highest BCUT2D eigenvalue weighted by Crippen LogP contribution is 2.38. The zero-order valence-electron chi connectivity index (χ0n) is 18.6. The van der Waals surface area contributed by atoms with Crippen molar-refractivity contribution < 1.29 is 9.50 Å². The molecule has 1 aromatic carbocycles. The number of hydrogen-bond acceptors (Lipinski definition) is 8. The summed E-state index contributed by atoms with van der Waals surface area (Å²) in [4.78, 5) is 6.95. The van der Waals surface area contributed by atoms with Crippen molar-refractivity contribution in [3.8, 4) is 28.9 Å². The summed E-state index contributed by atoms with van der Waals surface area (Å²) in [5.41, 5.74) is 0.539. The molecular formula is C24H25FN8O. The van der Waals surface area contributed by atoms with Crippen LogP contribution in [0, 0.1) is 17.1 Å². The maximum Gasteiger partial charge on any atom is 0.198 e. The van der Waals surface area contributed by atoms with Gasteiger partial charge in [0.25, 0.3) is 0 Å². The van der Waals surface area contributed by atoms with Gasteiger partial charge in [0.15, 0.2) is 23.2 Å². The topological polar surface area (TPSA) is 116 Å². The van der Waals surface area contributed by atoms with Gasteiger partial charge in [-0.2, -0.15) is 10.4 Å². The minimum Gasteiger partial charge on any atom is -0.507 e. The molecule has 2 aliphatic heterocycles. The van der Waals surface area contributed by atoms with Crippen molar-refractivity contribution in [2.24, 2.45) is 0 Å². The Morgan fingerprint density at radius 1 is 1.12 bits per heavy atom. The molecule has 2 saturated heterocycles. The summed E-state index contributed by atoms with van der Waals surface area (Å²) in [6.45, 7) is 0. The molecule has 2 bridgehead atoms. The number of nitriles is 1. The molecule has 0 amide bonds. The number of aromatic hydroxyl groups is 1. The Morgan fingerprint density at radius 3 is 2.53 bits per heavy atom. The quantitative estimate of drug-likeness (QED) is 0.597.